The van der Waals surface area contributed by atoms with Crippen LogP contribution in [0, 0.1) is 5.92 Å². The molecule has 0 bridgehead atoms. The van der Waals surface area contributed by atoms with E-state index in [1.807, 2.05) is 51.1 Å². The first-order chi connectivity index (χ1) is 6.33. The Labute approximate surface area is 80.8 Å². The lowest BCUT2D eigenvalue weighted by Crippen LogP contribution is -1.99. The molecule has 1 atom stereocenters. The van der Waals surface area contributed by atoms with Crippen molar-refractivity contribution in [1.29, 1.82) is 0 Å². The average molecular weight is 178 g/mol. The van der Waals surface area contributed by atoms with Crippen LogP contribution in [-0.2, 0) is 11.2 Å². The van der Waals surface area contributed by atoms with E-state index in [-0.39, 0.29) is 5.92 Å². The molecule has 0 radical (unpaired) electrons. The molecule has 0 saturated heterocycles. The lowest BCUT2D eigenvalue weighted by Gasteiger charge is -2.01. The van der Waals surface area contributed by atoms with Crippen LogP contribution in [-0.4, -0.2) is 6.29 Å². The van der Waals surface area contributed by atoms with Gasteiger partial charge >= 0.3 is 0 Å². The third-order valence-electron chi connectivity index (χ3n) is 1.63. The van der Waals surface area contributed by atoms with Crippen LogP contribution in [0.5, 0.6) is 0 Å². The highest BCUT2D eigenvalue weighted by Gasteiger charge is 1.99. The molecular formula is C12H18O. The predicted octanol–water partition coefficient (Wildman–Crippen LogP) is 3.09. The fraction of sp³-hybridized carbons (Fsp3) is 0.417. The van der Waals surface area contributed by atoms with Crippen molar-refractivity contribution in [3.8, 4) is 0 Å². The molecule has 0 fully saturated rings. The maximum absolute atomic E-state index is 10.3. The summed E-state index contributed by atoms with van der Waals surface area (Å²) in [4.78, 5) is 10.3. The monoisotopic (exact) mass is 178 g/mol. The zero-order chi connectivity index (χ0) is 10.1. The van der Waals surface area contributed by atoms with E-state index in [4.69, 9.17) is 0 Å². The van der Waals surface area contributed by atoms with Crippen molar-refractivity contribution >= 4 is 6.29 Å². The SMILES string of the molecule is CC.CC(C=O)Cc1ccccc1. The molecule has 0 saturated carbocycles. The van der Waals surface area contributed by atoms with Crippen LogP contribution in [0.4, 0.5) is 0 Å². The molecule has 0 spiro atoms. The Morgan fingerprint density at radius 2 is 1.77 bits per heavy atom. The molecule has 0 aliphatic carbocycles. The van der Waals surface area contributed by atoms with Gasteiger partial charge in [-0.15, -0.1) is 0 Å². The molecular weight excluding hydrogens is 160 g/mol. The van der Waals surface area contributed by atoms with E-state index < -0.39 is 0 Å². The number of carbonyl (C=O) groups is 1. The Hall–Kier alpha value is -1.11. The summed E-state index contributed by atoms with van der Waals surface area (Å²) >= 11 is 0. The van der Waals surface area contributed by atoms with Gasteiger partial charge in [-0.05, 0) is 12.0 Å². The van der Waals surface area contributed by atoms with Gasteiger partial charge in [0.25, 0.3) is 0 Å². The quantitative estimate of drug-likeness (QED) is 0.650. The molecule has 1 nitrogen and oxygen atoms in total. The highest BCUT2D eigenvalue weighted by molar-refractivity contribution is 5.53. The fourth-order valence-electron chi connectivity index (χ4n) is 1.03. The van der Waals surface area contributed by atoms with E-state index in [0.29, 0.717) is 0 Å². The molecule has 13 heavy (non-hydrogen) atoms. The summed E-state index contributed by atoms with van der Waals surface area (Å²) < 4.78 is 0. The molecule has 0 aliphatic heterocycles. The second kappa shape index (κ2) is 7.53. The summed E-state index contributed by atoms with van der Waals surface area (Å²) in [7, 11) is 0. The van der Waals surface area contributed by atoms with Gasteiger partial charge in [0.05, 0.1) is 0 Å². The van der Waals surface area contributed by atoms with Crippen LogP contribution in [0.15, 0.2) is 30.3 Å². The van der Waals surface area contributed by atoms with E-state index in [1.165, 1.54) is 5.56 Å². The number of hydrogen-bond donors (Lipinski definition) is 0. The Balaban J connectivity index is 0.000000671. The first-order valence-corrected chi connectivity index (χ1v) is 4.82. The Bertz CT molecular complexity index is 216. The molecule has 1 aromatic rings. The largest absolute Gasteiger partial charge is 0.303 e. The molecule has 0 aromatic heterocycles. The summed E-state index contributed by atoms with van der Waals surface area (Å²) in [6, 6.07) is 10.1. The predicted molar refractivity (Wildman–Crippen MR) is 56.7 cm³/mol. The van der Waals surface area contributed by atoms with E-state index >= 15 is 0 Å². The highest BCUT2D eigenvalue weighted by Crippen LogP contribution is 2.05. The molecule has 1 heteroatoms. The van der Waals surface area contributed by atoms with Crippen LogP contribution in [0.2, 0.25) is 0 Å². The van der Waals surface area contributed by atoms with Crippen LogP contribution < -0.4 is 0 Å². The third-order valence-corrected chi connectivity index (χ3v) is 1.63. The molecule has 0 heterocycles. The number of hydrogen-bond acceptors (Lipinski definition) is 1. The zero-order valence-corrected chi connectivity index (χ0v) is 8.66. The molecule has 1 rings (SSSR count). The minimum absolute atomic E-state index is 0.136. The Kier molecular flexibility index (Phi) is 6.89. The van der Waals surface area contributed by atoms with Gasteiger partial charge in [0.15, 0.2) is 0 Å². The standard InChI is InChI=1S/C10H12O.C2H6/c1-9(8-11)7-10-5-3-2-4-6-10;1-2/h2-6,8-9H,7H2,1H3;1-2H3. The molecule has 1 unspecified atom stereocenters. The maximum Gasteiger partial charge on any atom is 0.123 e. The van der Waals surface area contributed by atoms with Gasteiger partial charge in [-0.3, -0.25) is 0 Å². The van der Waals surface area contributed by atoms with Crippen molar-refractivity contribution < 1.29 is 4.79 Å². The number of aldehydes is 1. The molecule has 0 aliphatic rings. The van der Waals surface area contributed by atoms with Crippen LogP contribution in [0.25, 0.3) is 0 Å². The Morgan fingerprint density at radius 1 is 1.23 bits per heavy atom. The van der Waals surface area contributed by atoms with E-state index in [1.54, 1.807) is 0 Å². The normalized spacial score (nSPS) is 11.0. The maximum atomic E-state index is 10.3. The summed E-state index contributed by atoms with van der Waals surface area (Å²) in [5.74, 6) is 0.136. The van der Waals surface area contributed by atoms with Crippen molar-refractivity contribution in [2.75, 3.05) is 0 Å². The third kappa shape index (κ3) is 5.18. The van der Waals surface area contributed by atoms with Gasteiger partial charge < -0.3 is 4.79 Å². The molecule has 0 amide bonds. The van der Waals surface area contributed by atoms with Crippen LogP contribution >= 0.6 is 0 Å². The second-order valence-corrected chi connectivity index (χ2v) is 2.80. The van der Waals surface area contributed by atoms with E-state index in [9.17, 15) is 4.79 Å². The number of benzene rings is 1. The number of rotatable bonds is 3. The van der Waals surface area contributed by atoms with Gasteiger partial charge in [-0.2, -0.15) is 0 Å². The first-order valence-electron chi connectivity index (χ1n) is 4.82. The smallest absolute Gasteiger partial charge is 0.123 e. The van der Waals surface area contributed by atoms with Gasteiger partial charge in [-0.25, -0.2) is 0 Å². The summed E-state index contributed by atoms with van der Waals surface area (Å²) in [6.45, 7) is 5.93. The van der Waals surface area contributed by atoms with Gasteiger partial charge in [0.2, 0.25) is 0 Å². The van der Waals surface area contributed by atoms with Crippen molar-refractivity contribution in [2.24, 2.45) is 5.92 Å². The molecule has 72 valence electrons. The minimum atomic E-state index is 0.136. The number of carbonyl (C=O) groups excluding carboxylic acids is 1. The second-order valence-electron chi connectivity index (χ2n) is 2.80. The minimum Gasteiger partial charge on any atom is -0.303 e. The Morgan fingerprint density at radius 3 is 2.23 bits per heavy atom. The van der Waals surface area contributed by atoms with E-state index in [2.05, 4.69) is 0 Å². The molecule has 1 aromatic carbocycles. The van der Waals surface area contributed by atoms with Crippen molar-refractivity contribution in [3.63, 3.8) is 0 Å². The van der Waals surface area contributed by atoms with Crippen LogP contribution in [0.1, 0.15) is 26.3 Å². The summed E-state index contributed by atoms with van der Waals surface area (Å²) in [6.07, 6.45) is 1.84. The highest BCUT2D eigenvalue weighted by atomic mass is 16.1. The van der Waals surface area contributed by atoms with Crippen molar-refractivity contribution in [2.45, 2.75) is 27.2 Å². The molecule has 0 N–H and O–H groups in total. The van der Waals surface area contributed by atoms with Gasteiger partial charge in [0, 0.05) is 5.92 Å². The van der Waals surface area contributed by atoms with Crippen molar-refractivity contribution in [3.05, 3.63) is 35.9 Å². The summed E-state index contributed by atoms with van der Waals surface area (Å²) in [5, 5.41) is 0. The first kappa shape index (κ1) is 11.9. The lowest BCUT2D eigenvalue weighted by molar-refractivity contribution is -0.110. The topological polar surface area (TPSA) is 17.1 Å². The fourth-order valence-corrected chi connectivity index (χ4v) is 1.03. The lowest BCUT2D eigenvalue weighted by atomic mass is 10.0. The zero-order valence-electron chi connectivity index (χ0n) is 8.66. The van der Waals surface area contributed by atoms with Crippen LogP contribution in [0.3, 0.4) is 0 Å². The van der Waals surface area contributed by atoms with Crippen molar-refractivity contribution in [1.82, 2.24) is 0 Å². The average Bonchev–Trinajstić information content (AvgIpc) is 2.22. The van der Waals surface area contributed by atoms with Gasteiger partial charge in [-0.1, -0.05) is 51.1 Å². The van der Waals surface area contributed by atoms with Gasteiger partial charge in [0.1, 0.15) is 6.29 Å². The van der Waals surface area contributed by atoms with E-state index in [0.717, 1.165) is 12.7 Å². The summed E-state index contributed by atoms with van der Waals surface area (Å²) in [5.41, 5.74) is 1.23.